The topological polar surface area (TPSA) is 66.9 Å². The molecular formula is C24H18F2N4O. The van der Waals surface area contributed by atoms with E-state index in [-0.39, 0.29) is 17.5 Å². The molecule has 1 aromatic heterocycles. The van der Waals surface area contributed by atoms with Crippen molar-refractivity contribution in [2.45, 2.75) is 6.54 Å². The summed E-state index contributed by atoms with van der Waals surface area (Å²) in [5.41, 5.74) is 2.50. The van der Waals surface area contributed by atoms with Crippen molar-refractivity contribution in [3.05, 3.63) is 108 Å². The van der Waals surface area contributed by atoms with E-state index in [0.717, 1.165) is 5.56 Å². The van der Waals surface area contributed by atoms with Crippen LogP contribution in [0.15, 0.2) is 85.1 Å². The van der Waals surface area contributed by atoms with Crippen molar-refractivity contribution >= 4 is 17.4 Å². The first-order chi connectivity index (χ1) is 15.1. The number of nitrogens with zero attached hydrogens (tertiary/aromatic N) is 2. The minimum Gasteiger partial charge on any atom is -0.348 e. The molecule has 0 aliphatic carbocycles. The first-order valence-corrected chi connectivity index (χ1v) is 9.55. The largest absolute Gasteiger partial charge is 0.348 e. The summed E-state index contributed by atoms with van der Waals surface area (Å²) in [7, 11) is 0. The second kappa shape index (κ2) is 9.13. The Morgan fingerprint density at radius 3 is 2.48 bits per heavy atom. The van der Waals surface area contributed by atoms with E-state index in [1.165, 1.54) is 24.3 Å². The fourth-order valence-electron chi connectivity index (χ4n) is 2.97. The first kappa shape index (κ1) is 20.2. The van der Waals surface area contributed by atoms with E-state index in [0.29, 0.717) is 35.0 Å². The SMILES string of the molecule is O=C(NCc1ccc(F)cc1)c1cccc(Nc2ccnc(-c3cccc(F)c3)n2)c1. The molecule has 0 saturated heterocycles. The Kier molecular flexibility index (Phi) is 5.93. The Morgan fingerprint density at radius 1 is 0.871 bits per heavy atom. The number of amides is 1. The zero-order valence-corrected chi connectivity index (χ0v) is 16.3. The van der Waals surface area contributed by atoms with Crippen molar-refractivity contribution in [2.75, 3.05) is 5.32 Å². The maximum Gasteiger partial charge on any atom is 0.251 e. The van der Waals surface area contributed by atoms with Crippen molar-refractivity contribution in [3.63, 3.8) is 0 Å². The van der Waals surface area contributed by atoms with Crippen LogP contribution >= 0.6 is 0 Å². The van der Waals surface area contributed by atoms with Gasteiger partial charge in [-0.05, 0) is 54.1 Å². The molecule has 5 nitrogen and oxygen atoms in total. The maximum atomic E-state index is 13.5. The van der Waals surface area contributed by atoms with Crippen LogP contribution in [0.2, 0.25) is 0 Å². The minimum atomic E-state index is -0.362. The van der Waals surface area contributed by atoms with Gasteiger partial charge < -0.3 is 10.6 Å². The fourth-order valence-corrected chi connectivity index (χ4v) is 2.97. The van der Waals surface area contributed by atoms with Gasteiger partial charge in [0.1, 0.15) is 17.5 Å². The quantitative estimate of drug-likeness (QED) is 0.459. The third-order valence-corrected chi connectivity index (χ3v) is 4.50. The molecule has 1 heterocycles. The molecule has 2 N–H and O–H groups in total. The van der Waals surface area contributed by atoms with Gasteiger partial charge in [0, 0.05) is 29.6 Å². The summed E-state index contributed by atoms with van der Waals surface area (Å²) in [5, 5.41) is 5.95. The number of hydrogen-bond donors (Lipinski definition) is 2. The highest BCUT2D eigenvalue weighted by Gasteiger charge is 2.08. The van der Waals surface area contributed by atoms with Crippen molar-refractivity contribution in [1.82, 2.24) is 15.3 Å². The lowest BCUT2D eigenvalue weighted by atomic mass is 10.1. The molecule has 154 valence electrons. The van der Waals surface area contributed by atoms with Gasteiger partial charge in [-0.2, -0.15) is 0 Å². The van der Waals surface area contributed by atoms with E-state index in [2.05, 4.69) is 20.6 Å². The van der Waals surface area contributed by atoms with Crippen LogP contribution in [0.4, 0.5) is 20.3 Å². The molecule has 0 bridgehead atoms. The van der Waals surface area contributed by atoms with Crippen molar-refractivity contribution < 1.29 is 13.6 Å². The third kappa shape index (κ3) is 5.27. The van der Waals surface area contributed by atoms with Crippen LogP contribution in [0.1, 0.15) is 15.9 Å². The number of anilines is 2. The van der Waals surface area contributed by atoms with Crippen LogP contribution in [-0.4, -0.2) is 15.9 Å². The average molecular weight is 416 g/mol. The zero-order valence-electron chi connectivity index (χ0n) is 16.3. The summed E-state index contributed by atoms with van der Waals surface area (Å²) in [5.74, 6) is -0.0371. The molecule has 0 aliphatic rings. The van der Waals surface area contributed by atoms with Crippen molar-refractivity contribution in [2.24, 2.45) is 0 Å². The van der Waals surface area contributed by atoms with Crippen molar-refractivity contribution in [3.8, 4) is 11.4 Å². The Hall–Kier alpha value is -4.13. The third-order valence-electron chi connectivity index (χ3n) is 4.50. The molecule has 0 saturated carbocycles. The number of aromatic nitrogens is 2. The standard InChI is InChI=1S/C24H18F2N4O/c25-19-9-7-16(8-10-19)15-28-24(31)18-4-2-6-21(14-18)29-22-11-12-27-23(30-22)17-3-1-5-20(26)13-17/h1-14H,15H2,(H,28,31)(H,27,29,30). The van der Waals surface area contributed by atoms with Gasteiger partial charge in [0.15, 0.2) is 5.82 Å². The molecule has 31 heavy (non-hydrogen) atoms. The van der Waals surface area contributed by atoms with Gasteiger partial charge in [-0.1, -0.05) is 30.3 Å². The molecule has 0 fully saturated rings. The number of benzene rings is 3. The lowest BCUT2D eigenvalue weighted by Crippen LogP contribution is -2.22. The molecule has 4 rings (SSSR count). The number of halogens is 2. The van der Waals surface area contributed by atoms with Crippen LogP contribution in [-0.2, 0) is 6.54 Å². The van der Waals surface area contributed by atoms with E-state index in [1.54, 1.807) is 60.8 Å². The summed E-state index contributed by atoms with van der Waals surface area (Å²) >= 11 is 0. The number of carbonyl (C=O) groups excluding carboxylic acids is 1. The monoisotopic (exact) mass is 416 g/mol. The summed E-state index contributed by atoms with van der Waals surface area (Å²) < 4.78 is 26.5. The van der Waals surface area contributed by atoms with Gasteiger partial charge in [0.05, 0.1) is 0 Å². The molecule has 0 unspecified atom stereocenters. The van der Waals surface area contributed by atoms with Gasteiger partial charge in [-0.25, -0.2) is 18.7 Å². The highest BCUT2D eigenvalue weighted by molar-refractivity contribution is 5.95. The van der Waals surface area contributed by atoms with Crippen LogP contribution < -0.4 is 10.6 Å². The Morgan fingerprint density at radius 2 is 1.68 bits per heavy atom. The fraction of sp³-hybridized carbons (Fsp3) is 0.0417. The molecule has 0 aliphatic heterocycles. The van der Waals surface area contributed by atoms with E-state index < -0.39 is 0 Å². The molecule has 0 radical (unpaired) electrons. The van der Waals surface area contributed by atoms with Crippen LogP contribution in [0.5, 0.6) is 0 Å². The molecule has 7 heteroatoms. The molecule has 3 aromatic carbocycles. The predicted octanol–water partition coefficient (Wildman–Crippen LogP) is 5.10. The summed E-state index contributed by atoms with van der Waals surface area (Å²) in [4.78, 5) is 21.1. The highest BCUT2D eigenvalue weighted by Crippen LogP contribution is 2.20. The van der Waals surface area contributed by atoms with Crippen LogP contribution in [0.3, 0.4) is 0 Å². The predicted molar refractivity (Wildman–Crippen MR) is 115 cm³/mol. The Bertz CT molecular complexity index is 1210. The average Bonchev–Trinajstić information content (AvgIpc) is 2.79. The van der Waals surface area contributed by atoms with Gasteiger partial charge in [0.25, 0.3) is 5.91 Å². The smallest absolute Gasteiger partial charge is 0.251 e. The molecule has 0 spiro atoms. The van der Waals surface area contributed by atoms with Gasteiger partial charge in [-0.15, -0.1) is 0 Å². The zero-order chi connectivity index (χ0) is 21.6. The Balaban J connectivity index is 1.45. The van der Waals surface area contributed by atoms with E-state index in [4.69, 9.17) is 0 Å². The maximum absolute atomic E-state index is 13.5. The first-order valence-electron chi connectivity index (χ1n) is 9.55. The van der Waals surface area contributed by atoms with Gasteiger partial charge >= 0.3 is 0 Å². The van der Waals surface area contributed by atoms with Gasteiger partial charge in [0.2, 0.25) is 0 Å². The van der Waals surface area contributed by atoms with Crippen molar-refractivity contribution in [1.29, 1.82) is 0 Å². The second-order valence-electron chi connectivity index (χ2n) is 6.79. The normalized spacial score (nSPS) is 10.5. The van der Waals surface area contributed by atoms with Crippen LogP contribution in [0, 0.1) is 11.6 Å². The Labute approximate surface area is 177 Å². The lowest BCUT2D eigenvalue weighted by molar-refractivity contribution is 0.0951. The molecular weight excluding hydrogens is 398 g/mol. The number of hydrogen-bond acceptors (Lipinski definition) is 4. The summed E-state index contributed by atoms with van der Waals surface area (Å²) in [6, 6.07) is 20.6. The van der Waals surface area contributed by atoms with Crippen LogP contribution in [0.25, 0.3) is 11.4 Å². The van der Waals surface area contributed by atoms with E-state index in [9.17, 15) is 13.6 Å². The molecule has 0 atom stereocenters. The lowest BCUT2D eigenvalue weighted by Gasteiger charge is -2.10. The molecule has 1 amide bonds. The summed E-state index contributed by atoms with van der Waals surface area (Å²) in [6.07, 6.45) is 1.58. The minimum absolute atomic E-state index is 0.254. The van der Waals surface area contributed by atoms with E-state index >= 15 is 0 Å². The highest BCUT2D eigenvalue weighted by atomic mass is 19.1. The second-order valence-corrected chi connectivity index (χ2v) is 6.79. The molecule has 4 aromatic rings. The number of rotatable bonds is 6. The van der Waals surface area contributed by atoms with E-state index in [1.807, 2.05) is 0 Å². The summed E-state index contributed by atoms with van der Waals surface area (Å²) in [6.45, 7) is 0.291. The van der Waals surface area contributed by atoms with Gasteiger partial charge in [-0.3, -0.25) is 4.79 Å². The number of nitrogens with one attached hydrogen (secondary N) is 2. The number of carbonyl (C=O) groups is 1.